The van der Waals surface area contributed by atoms with E-state index in [1.807, 2.05) is 7.05 Å². The second-order valence-electron chi connectivity index (χ2n) is 6.25. The summed E-state index contributed by atoms with van der Waals surface area (Å²) in [6.07, 6.45) is 5.29. The topological polar surface area (TPSA) is 21.3 Å². The standard InChI is InChI=1S/C17H25ClFNO/c1-12-6-8-17(21-3,9-7-12)16(20-2)11-13-4-5-15(19)14(18)10-13/h4-5,10,12,16,20H,6-9,11H2,1-3H3. The van der Waals surface area contributed by atoms with Gasteiger partial charge < -0.3 is 10.1 Å². The van der Waals surface area contributed by atoms with Gasteiger partial charge in [0.1, 0.15) is 5.82 Å². The van der Waals surface area contributed by atoms with E-state index >= 15 is 0 Å². The molecule has 0 aromatic heterocycles. The molecule has 0 spiro atoms. The molecule has 21 heavy (non-hydrogen) atoms. The quantitative estimate of drug-likeness (QED) is 0.879. The fourth-order valence-corrected chi connectivity index (χ4v) is 3.60. The minimum absolute atomic E-state index is 0.137. The van der Waals surface area contributed by atoms with Crippen molar-refractivity contribution in [3.8, 4) is 0 Å². The summed E-state index contributed by atoms with van der Waals surface area (Å²) in [5.74, 6) is 0.403. The Morgan fingerprint density at radius 1 is 1.43 bits per heavy atom. The maximum atomic E-state index is 13.3. The van der Waals surface area contributed by atoms with Crippen molar-refractivity contribution in [1.82, 2.24) is 5.32 Å². The van der Waals surface area contributed by atoms with E-state index in [-0.39, 0.29) is 22.5 Å². The van der Waals surface area contributed by atoms with Gasteiger partial charge in [-0.1, -0.05) is 24.6 Å². The van der Waals surface area contributed by atoms with Crippen LogP contribution in [0.4, 0.5) is 4.39 Å². The minimum atomic E-state index is -0.366. The van der Waals surface area contributed by atoms with E-state index in [2.05, 4.69) is 12.2 Å². The molecule has 0 amide bonds. The summed E-state index contributed by atoms with van der Waals surface area (Å²) in [5.41, 5.74) is 0.901. The fourth-order valence-electron chi connectivity index (χ4n) is 3.40. The molecular formula is C17H25ClFNO. The van der Waals surface area contributed by atoms with E-state index in [1.54, 1.807) is 19.2 Å². The van der Waals surface area contributed by atoms with Gasteiger partial charge in [-0.05, 0) is 62.8 Å². The Bertz CT molecular complexity index is 472. The van der Waals surface area contributed by atoms with Crippen LogP contribution in [0, 0.1) is 11.7 Å². The highest BCUT2D eigenvalue weighted by Crippen LogP contribution is 2.38. The first kappa shape index (κ1) is 16.7. The van der Waals surface area contributed by atoms with Crippen LogP contribution in [0.1, 0.15) is 38.2 Å². The molecule has 0 bridgehead atoms. The van der Waals surface area contributed by atoms with Crippen LogP contribution in [0.15, 0.2) is 18.2 Å². The molecule has 1 fully saturated rings. The number of hydrogen-bond donors (Lipinski definition) is 1. The minimum Gasteiger partial charge on any atom is -0.377 e. The maximum Gasteiger partial charge on any atom is 0.141 e. The summed E-state index contributed by atoms with van der Waals surface area (Å²) in [6.45, 7) is 2.30. The average molecular weight is 314 g/mol. The summed E-state index contributed by atoms with van der Waals surface area (Å²) in [5, 5.41) is 3.59. The molecule has 2 nitrogen and oxygen atoms in total. The predicted molar refractivity (Wildman–Crippen MR) is 85.3 cm³/mol. The summed E-state index contributed by atoms with van der Waals surface area (Å²) in [7, 11) is 3.77. The van der Waals surface area contributed by atoms with E-state index in [0.717, 1.165) is 30.7 Å². The van der Waals surface area contributed by atoms with Crippen LogP contribution in [0.3, 0.4) is 0 Å². The van der Waals surface area contributed by atoms with Gasteiger partial charge in [-0.15, -0.1) is 0 Å². The number of ether oxygens (including phenoxy) is 1. The zero-order valence-electron chi connectivity index (χ0n) is 13.1. The number of halogens is 2. The second-order valence-corrected chi connectivity index (χ2v) is 6.65. The van der Waals surface area contributed by atoms with Crippen molar-refractivity contribution >= 4 is 11.6 Å². The van der Waals surface area contributed by atoms with Crippen molar-refractivity contribution in [2.45, 2.75) is 50.7 Å². The van der Waals surface area contributed by atoms with Gasteiger partial charge in [0.2, 0.25) is 0 Å². The molecule has 1 aliphatic carbocycles. The zero-order chi connectivity index (χ0) is 15.5. The Balaban J connectivity index is 2.15. The molecule has 1 atom stereocenters. The highest BCUT2D eigenvalue weighted by molar-refractivity contribution is 6.30. The van der Waals surface area contributed by atoms with Crippen molar-refractivity contribution in [2.24, 2.45) is 5.92 Å². The molecular weight excluding hydrogens is 289 g/mol. The molecule has 0 heterocycles. The Kier molecular flexibility index (Phi) is 5.64. The molecule has 1 unspecified atom stereocenters. The number of methoxy groups -OCH3 is 1. The lowest BCUT2D eigenvalue weighted by atomic mass is 9.74. The lowest BCUT2D eigenvalue weighted by molar-refractivity contribution is -0.0730. The third-order valence-corrected chi connectivity index (χ3v) is 5.22. The Morgan fingerprint density at radius 3 is 2.62 bits per heavy atom. The summed E-state index contributed by atoms with van der Waals surface area (Å²) >= 11 is 5.89. The third-order valence-electron chi connectivity index (χ3n) is 4.93. The smallest absolute Gasteiger partial charge is 0.141 e. The average Bonchev–Trinajstić information content (AvgIpc) is 2.50. The third kappa shape index (κ3) is 3.77. The number of likely N-dealkylation sites (N-methyl/N-ethyl adjacent to an activating group) is 1. The molecule has 1 aromatic rings. The molecule has 1 aliphatic rings. The van der Waals surface area contributed by atoms with Gasteiger partial charge in [-0.25, -0.2) is 4.39 Å². The highest BCUT2D eigenvalue weighted by Gasteiger charge is 2.40. The molecule has 0 saturated heterocycles. The van der Waals surface area contributed by atoms with Crippen molar-refractivity contribution in [2.75, 3.05) is 14.2 Å². The van der Waals surface area contributed by atoms with Gasteiger partial charge in [0, 0.05) is 13.2 Å². The molecule has 118 valence electrons. The van der Waals surface area contributed by atoms with Gasteiger partial charge in [-0.2, -0.15) is 0 Å². The van der Waals surface area contributed by atoms with E-state index in [4.69, 9.17) is 16.3 Å². The molecule has 2 rings (SSSR count). The first-order valence-electron chi connectivity index (χ1n) is 7.67. The first-order chi connectivity index (χ1) is 10.0. The van der Waals surface area contributed by atoms with Crippen LogP contribution < -0.4 is 5.32 Å². The van der Waals surface area contributed by atoms with Gasteiger partial charge in [0.15, 0.2) is 0 Å². The number of hydrogen-bond acceptors (Lipinski definition) is 2. The summed E-state index contributed by atoms with van der Waals surface area (Å²) in [4.78, 5) is 0. The Hall–Kier alpha value is -0.640. The van der Waals surface area contributed by atoms with Gasteiger partial charge in [0.25, 0.3) is 0 Å². The van der Waals surface area contributed by atoms with Gasteiger partial charge in [0.05, 0.1) is 10.6 Å². The van der Waals surface area contributed by atoms with Crippen LogP contribution in [0.25, 0.3) is 0 Å². The van der Waals surface area contributed by atoms with Crippen LogP contribution in [-0.4, -0.2) is 25.8 Å². The molecule has 1 N–H and O–H groups in total. The van der Waals surface area contributed by atoms with E-state index in [0.29, 0.717) is 0 Å². The normalized spacial score (nSPS) is 27.6. The zero-order valence-corrected chi connectivity index (χ0v) is 13.8. The van der Waals surface area contributed by atoms with Crippen molar-refractivity contribution in [3.63, 3.8) is 0 Å². The molecule has 4 heteroatoms. The van der Waals surface area contributed by atoms with Crippen molar-refractivity contribution in [1.29, 1.82) is 0 Å². The van der Waals surface area contributed by atoms with Crippen LogP contribution in [0.2, 0.25) is 5.02 Å². The monoisotopic (exact) mass is 313 g/mol. The first-order valence-corrected chi connectivity index (χ1v) is 8.05. The summed E-state index contributed by atoms with van der Waals surface area (Å²) in [6, 6.07) is 5.17. The van der Waals surface area contributed by atoms with Crippen molar-refractivity contribution in [3.05, 3.63) is 34.6 Å². The van der Waals surface area contributed by atoms with E-state index in [9.17, 15) is 4.39 Å². The van der Waals surface area contributed by atoms with Crippen LogP contribution >= 0.6 is 11.6 Å². The maximum absolute atomic E-state index is 13.3. The predicted octanol–water partition coefficient (Wildman–Crippen LogP) is 4.20. The van der Waals surface area contributed by atoms with Gasteiger partial charge in [-0.3, -0.25) is 0 Å². The van der Waals surface area contributed by atoms with Crippen LogP contribution in [0.5, 0.6) is 0 Å². The van der Waals surface area contributed by atoms with E-state index < -0.39 is 0 Å². The lowest BCUT2D eigenvalue weighted by Gasteiger charge is -2.44. The number of nitrogens with one attached hydrogen (secondary N) is 1. The largest absolute Gasteiger partial charge is 0.377 e. The Morgan fingerprint density at radius 2 is 2.10 bits per heavy atom. The van der Waals surface area contributed by atoms with Crippen LogP contribution in [-0.2, 0) is 11.2 Å². The number of rotatable bonds is 5. The second kappa shape index (κ2) is 7.08. The van der Waals surface area contributed by atoms with Crippen molar-refractivity contribution < 1.29 is 9.13 Å². The SMILES string of the molecule is CNC(Cc1ccc(F)c(Cl)c1)C1(OC)CCC(C)CC1. The molecule has 1 aromatic carbocycles. The molecule has 1 saturated carbocycles. The molecule has 0 radical (unpaired) electrons. The number of benzene rings is 1. The Labute approximate surface area is 132 Å². The van der Waals surface area contributed by atoms with E-state index in [1.165, 1.54) is 18.9 Å². The van der Waals surface area contributed by atoms with Gasteiger partial charge >= 0.3 is 0 Å². The highest BCUT2D eigenvalue weighted by atomic mass is 35.5. The molecule has 0 aliphatic heterocycles. The summed E-state index contributed by atoms with van der Waals surface area (Å²) < 4.78 is 19.2. The lowest BCUT2D eigenvalue weighted by Crippen LogP contribution is -2.54. The fraction of sp³-hybridized carbons (Fsp3) is 0.647.